The van der Waals surface area contributed by atoms with Crippen LogP contribution in [-0.2, 0) is 38.4 Å². The van der Waals surface area contributed by atoms with Gasteiger partial charge in [-0.2, -0.15) is 0 Å². The molecule has 1 fully saturated rings. The zero-order chi connectivity index (χ0) is 21.8. The zero-order valence-corrected chi connectivity index (χ0v) is 17.9. The third-order valence-corrected chi connectivity index (χ3v) is 6.15. The monoisotopic (exact) mass is 446 g/mol. The van der Waals surface area contributed by atoms with E-state index in [1.165, 1.54) is 56.8 Å². The number of rotatable bonds is 6. The zero-order valence-electron chi connectivity index (χ0n) is 16.3. The summed E-state index contributed by atoms with van der Waals surface area (Å²) in [7, 11) is -3.36. The first-order valence-corrected chi connectivity index (χ1v) is 11.5. The highest BCUT2D eigenvalue weighted by molar-refractivity contribution is 7.99. The first kappa shape index (κ1) is 23.0. The van der Waals surface area contributed by atoms with E-state index in [1.54, 1.807) is 0 Å². The molecule has 0 aliphatic carbocycles. The molecule has 9 nitrogen and oxygen atoms in total. The Morgan fingerprint density at radius 1 is 0.897 bits per heavy atom. The fraction of sp³-hybridized carbons (Fsp3) is 0.500. The van der Waals surface area contributed by atoms with Crippen LogP contribution in [-0.4, -0.2) is 62.1 Å². The van der Waals surface area contributed by atoms with Gasteiger partial charge in [-0.1, -0.05) is 0 Å². The van der Waals surface area contributed by atoms with E-state index in [0.29, 0.717) is 5.75 Å². The lowest BCUT2D eigenvalue weighted by Crippen LogP contribution is -2.55. The van der Waals surface area contributed by atoms with Crippen molar-refractivity contribution in [1.82, 2.24) is 0 Å². The minimum atomic E-state index is -3.36. The van der Waals surface area contributed by atoms with Gasteiger partial charge in [-0.15, -0.1) is 11.8 Å². The van der Waals surface area contributed by atoms with Crippen LogP contribution in [0.3, 0.4) is 0 Å². The molecule has 0 aromatic heterocycles. The Morgan fingerprint density at radius 3 is 1.90 bits per heavy atom. The highest BCUT2D eigenvalue weighted by Crippen LogP contribution is 2.34. The third-order valence-electron chi connectivity index (χ3n) is 3.81. The van der Waals surface area contributed by atoms with Crippen LogP contribution >= 0.6 is 11.8 Å². The number of ether oxygens (including phenoxy) is 4. The van der Waals surface area contributed by atoms with Gasteiger partial charge in [0.2, 0.25) is 0 Å². The largest absolute Gasteiger partial charge is 0.476 e. The molecular formula is C18H22O9S2. The Morgan fingerprint density at radius 2 is 1.41 bits per heavy atom. The van der Waals surface area contributed by atoms with Crippen LogP contribution < -0.4 is 4.74 Å². The molecule has 2 rings (SSSR count). The Hall–Kier alpha value is -2.27. The minimum Gasteiger partial charge on any atom is -0.476 e. The van der Waals surface area contributed by atoms with Gasteiger partial charge in [0.05, 0.1) is 4.90 Å². The van der Waals surface area contributed by atoms with Gasteiger partial charge in [0, 0.05) is 32.8 Å². The van der Waals surface area contributed by atoms with E-state index in [2.05, 4.69) is 0 Å². The van der Waals surface area contributed by atoms with Crippen molar-refractivity contribution in [2.75, 3.05) is 12.0 Å². The molecule has 1 aliphatic rings. The van der Waals surface area contributed by atoms with Crippen LogP contribution in [0.2, 0.25) is 0 Å². The topological polar surface area (TPSA) is 122 Å². The average Bonchev–Trinajstić information content (AvgIpc) is 2.58. The summed E-state index contributed by atoms with van der Waals surface area (Å²) in [6.45, 7) is 3.61. The molecule has 29 heavy (non-hydrogen) atoms. The van der Waals surface area contributed by atoms with E-state index in [1.807, 2.05) is 0 Å². The number of esters is 3. The van der Waals surface area contributed by atoms with Gasteiger partial charge in [-0.05, 0) is 24.3 Å². The van der Waals surface area contributed by atoms with Crippen molar-refractivity contribution in [2.45, 2.75) is 49.4 Å². The van der Waals surface area contributed by atoms with E-state index >= 15 is 0 Å². The number of hydrogen-bond acceptors (Lipinski definition) is 10. The number of sulfone groups is 1. The van der Waals surface area contributed by atoms with E-state index in [4.69, 9.17) is 18.9 Å². The first-order chi connectivity index (χ1) is 13.5. The van der Waals surface area contributed by atoms with Gasteiger partial charge >= 0.3 is 17.9 Å². The van der Waals surface area contributed by atoms with E-state index < -0.39 is 51.5 Å². The average molecular weight is 446 g/mol. The van der Waals surface area contributed by atoms with E-state index in [-0.39, 0.29) is 10.6 Å². The molecule has 1 saturated heterocycles. The number of carbonyl (C=O) groups is 3. The predicted molar refractivity (Wildman–Crippen MR) is 103 cm³/mol. The summed E-state index contributed by atoms with van der Waals surface area (Å²) >= 11 is 1.21. The van der Waals surface area contributed by atoms with Crippen molar-refractivity contribution in [3.8, 4) is 5.75 Å². The van der Waals surface area contributed by atoms with Gasteiger partial charge < -0.3 is 18.9 Å². The van der Waals surface area contributed by atoms with Gasteiger partial charge in [-0.25, -0.2) is 8.42 Å². The second-order valence-electron chi connectivity index (χ2n) is 6.36. The maximum absolute atomic E-state index is 11.6. The smallest absolute Gasteiger partial charge is 0.303 e. The van der Waals surface area contributed by atoms with Crippen LogP contribution in [0.15, 0.2) is 29.2 Å². The van der Waals surface area contributed by atoms with Crippen molar-refractivity contribution >= 4 is 39.5 Å². The lowest BCUT2D eigenvalue weighted by molar-refractivity contribution is -0.186. The molecule has 1 aromatic rings. The highest BCUT2D eigenvalue weighted by Gasteiger charge is 2.47. The second-order valence-corrected chi connectivity index (χ2v) is 9.51. The van der Waals surface area contributed by atoms with Crippen LogP contribution in [0, 0.1) is 0 Å². The van der Waals surface area contributed by atoms with Gasteiger partial charge in [0.15, 0.2) is 33.6 Å². The number of thioether (sulfide) groups is 1. The first-order valence-electron chi connectivity index (χ1n) is 8.57. The maximum atomic E-state index is 11.6. The lowest BCUT2D eigenvalue weighted by atomic mass is 10.1. The second kappa shape index (κ2) is 9.49. The maximum Gasteiger partial charge on any atom is 0.303 e. The van der Waals surface area contributed by atoms with Crippen LogP contribution in [0.1, 0.15) is 20.8 Å². The SMILES string of the molecule is CC(=O)O[C@@H]1[C@@H](OC(C)=O)[C@@H](Oc2ccc(S(C)(=O)=O)cc2)SC[C@H]1OC(C)=O. The van der Waals surface area contributed by atoms with Crippen molar-refractivity contribution in [3.63, 3.8) is 0 Å². The summed E-state index contributed by atoms with van der Waals surface area (Å²) in [6, 6.07) is 5.73. The van der Waals surface area contributed by atoms with Crippen LogP contribution in [0.4, 0.5) is 0 Å². The van der Waals surface area contributed by atoms with Gasteiger partial charge in [-0.3, -0.25) is 14.4 Å². The van der Waals surface area contributed by atoms with E-state index in [9.17, 15) is 22.8 Å². The van der Waals surface area contributed by atoms with E-state index in [0.717, 1.165) is 6.26 Å². The normalized spacial score (nSPS) is 24.3. The molecule has 0 N–H and O–H groups in total. The minimum absolute atomic E-state index is 0.130. The number of benzene rings is 1. The molecule has 0 radical (unpaired) electrons. The molecule has 1 aliphatic heterocycles. The van der Waals surface area contributed by atoms with Gasteiger partial charge in [0.25, 0.3) is 0 Å². The molecule has 0 spiro atoms. The van der Waals surface area contributed by atoms with Crippen molar-refractivity contribution in [1.29, 1.82) is 0 Å². The summed E-state index contributed by atoms with van der Waals surface area (Å²) in [5.41, 5.74) is -0.779. The Balaban J connectivity index is 2.28. The Kier molecular flexibility index (Phi) is 7.53. The molecule has 160 valence electrons. The third kappa shape index (κ3) is 6.64. The van der Waals surface area contributed by atoms with Gasteiger partial charge in [0.1, 0.15) is 5.75 Å². The molecule has 4 atom stereocenters. The summed E-state index contributed by atoms with van der Waals surface area (Å²) in [4.78, 5) is 34.7. The van der Waals surface area contributed by atoms with Crippen molar-refractivity contribution in [3.05, 3.63) is 24.3 Å². The van der Waals surface area contributed by atoms with Crippen molar-refractivity contribution < 1.29 is 41.7 Å². The van der Waals surface area contributed by atoms with Crippen LogP contribution in [0.5, 0.6) is 5.75 Å². The van der Waals surface area contributed by atoms with Crippen LogP contribution in [0.25, 0.3) is 0 Å². The quantitative estimate of drug-likeness (QED) is 0.467. The Bertz CT molecular complexity index is 864. The number of carbonyl (C=O) groups excluding carboxylic acids is 3. The Labute approximate surface area is 172 Å². The summed E-state index contributed by atoms with van der Waals surface area (Å²) in [6.07, 6.45) is -1.83. The predicted octanol–water partition coefficient (Wildman–Crippen LogP) is 1.34. The molecule has 11 heteroatoms. The molecule has 0 saturated carbocycles. The van der Waals surface area contributed by atoms with Crippen molar-refractivity contribution in [2.24, 2.45) is 0 Å². The summed E-state index contributed by atoms with van der Waals surface area (Å²) in [5, 5.41) is 0. The molecule has 1 heterocycles. The standard InChI is InChI=1S/C18H22O9S2/c1-10(19)24-15-9-28-18(17(26-12(3)21)16(15)25-11(2)20)27-13-5-7-14(8-6-13)29(4,22)23/h5-8,15-18H,9H2,1-4H3/t15-,16+,17-,18+/m1/s1. The summed E-state index contributed by atoms with van der Waals surface area (Å²) in [5.74, 6) is -1.25. The number of hydrogen-bond donors (Lipinski definition) is 0. The highest BCUT2D eigenvalue weighted by atomic mass is 32.2. The lowest BCUT2D eigenvalue weighted by Gasteiger charge is -2.39. The molecule has 1 aromatic carbocycles. The molecule has 0 unspecified atom stereocenters. The fourth-order valence-electron chi connectivity index (χ4n) is 2.71. The fourth-order valence-corrected chi connectivity index (χ4v) is 4.56. The molecule has 0 amide bonds. The molecule has 0 bridgehead atoms. The summed E-state index contributed by atoms with van der Waals surface area (Å²) < 4.78 is 44.9. The molecular weight excluding hydrogens is 424 g/mol.